The molecule has 0 aromatic carbocycles. The van der Waals surface area contributed by atoms with Gasteiger partial charge >= 0.3 is 0 Å². The minimum Gasteiger partial charge on any atom is -0.374 e. The maximum absolute atomic E-state index is 12.9. The lowest BCUT2D eigenvalue weighted by Gasteiger charge is -2.41. The van der Waals surface area contributed by atoms with Gasteiger partial charge in [0.2, 0.25) is 17.7 Å². The summed E-state index contributed by atoms with van der Waals surface area (Å²) in [4.78, 5) is 42.1. The van der Waals surface area contributed by atoms with E-state index in [4.69, 9.17) is 10.5 Å². The van der Waals surface area contributed by atoms with Gasteiger partial charge in [-0.1, -0.05) is 0 Å². The van der Waals surface area contributed by atoms with Crippen LogP contribution in [0.5, 0.6) is 0 Å². The molecule has 1 rings (SSSR count). The summed E-state index contributed by atoms with van der Waals surface area (Å²) in [5.41, 5.74) is 7.92. The first-order valence-electron chi connectivity index (χ1n) is 11.2. The van der Waals surface area contributed by atoms with Crippen LogP contribution in [0.3, 0.4) is 0 Å². The highest BCUT2D eigenvalue weighted by molar-refractivity contribution is 5.92. The molecule has 0 aliphatic carbocycles. The zero-order valence-corrected chi connectivity index (χ0v) is 20.6. The third kappa shape index (κ3) is 10.6. The van der Waals surface area contributed by atoms with Crippen LogP contribution in [-0.4, -0.2) is 92.3 Å². The first kappa shape index (κ1) is 28.3. The number of hydrazone groups is 1. The van der Waals surface area contributed by atoms with E-state index in [1.54, 1.807) is 14.1 Å². The number of guanidine groups is 1. The molecule has 1 saturated heterocycles. The Labute approximate surface area is 196 Å². The predicted octanol–water partition coefficient (Wildman–Crippen LogP) is -1.09. The van der Waals surface area contributed by atoms with Gasteiger partial charge in [0.1, 0.15) is 12.1 Å². The number of nitrogens with one attached hydrogen (secondary N) is 4. The number of carbonyl (C=O) groups excluding carboxylic acids is 3. The van der Waals surface area contributed by atoms with Crippen LogP contribution >= 0.6 is 0 Å². The van der Waals surface area contributed by atoms with E-state index in [0.29, 0.717) is 38.3 Å². The van der Waals surface area contributed by atoms with Crippen molar-refractivity contribution in [3.63, 3.8) is 0 Å². The van der Waals surface area contributed by atoms with E-state index in [0.717, 1.165) is 0 Å². The Morgan fingerprint density at radius 1 is 1.30 bits per heavy atom. The molecule has 0 aromatic heterocycles. The lowest BCUT2D eigenvalue weighted by atomic mass is 9.99. The lowest BCUT2D eigenvalue weighted by Crippen LogP contribution is -2.63. The van der Waals surface area contributed by atoms with Crippen molar-refractivity contribution in [1.29, 1.82) is 0 Å². The molecule has 3 amide bonds. The molecule has 0 radical (unpaired) electrons. The number of rotatable bonds is 11. The fourth-order valence-corrected chi connectivity index (χ4v) is 3.04. The Morgan fingerprint density at radius 2 is 2.00 bits per heavy atom. The average Bonchev–Trinajstić information content (AvgIpc) is 2.70. The summed E-state index contributed by atoms with van der Waals surface area (Å²) in [6.45, 7) is 8.19. The highest BCUT2D eigenvalue weighted by Crippen LogP contribution is 2.19. The van der Waals surface area contributed by atoms with Gasteiger partial charge in [-0.3, -0.25) is 19.4 Å². The molecule has 1 fully saturated rings. The summed E-state index contributed by atoms with van der Waals surface area (Å²) in [7, 11) is 3.44. The third-order valence-corrected chi connectivity index (χ3v) is 4.87. The minimum atomic E-state index is -0.829. The summed E-state index contributed by atoms with van der Waals surface area (Å²) in [5, 5.41) is 12.9. The van der Waals surface area contributed by atoms with E-state index in [9.17, 15) is 14.4 Å². The smallest absolute Gasteiger partial charge is 0.243 e. The average molecular weight is 469 g/mol. The molecule has 33 heavy (non-hydrogen) atoms. The first-order chi connectivity index (χ1) is 15.5. The van der Waals surface area contributed by atoms with Crippen LogP contribution in [0.15, 0.2) is 10.1 Å². The molecule has 3 atom stereocenters. The second-order valence-corrected chi connectivity index (χ2v) is 8.82. The van der Waals surface area contributed by atoms with Gasteiger partial charge in [0.05, 0.1) is 18.2 Å². The van der Waals surface area contributed by atoms with E-state index >= 15 is 0 Å². The summed E-state index contributed by atoms with van der Waals surface area (Å²) in [5.74, 6) is -0.232. The number of aliphatic imine (C=N–C) groups is 1. The summed E-state index contributed by atoms with van der Waals surface area (Å²) in [6.07, 6.45) is 3.32. The van der Waals surface area contributed by atoms with Gasteiger partial charge in [-0.15, -0.1) is 0 Å². The van der Waals surface area contributed by atoms with Gasteiger partial charge < -0.3 is 31.3 Å². The standard InChI is InChI=1S/C21H40N8O4/c1-14(30)28-26-12-15(8-7-10-25-20(23-5)24-6)27-18(31)17-9-11-29(17)19(32)16(22)13-33-21(2,3)4/h12,15-17H,7-11,13,22H2,1-6H3,(H,27,31)(H,28,30)(H2,23,24,25)/b26-12+/t15-,16+,17-/m0/s1. The minimum absolute atomic E-state index is 0.0852. The lowest BCUT2D eigenvalue weighted by molar-refractivity contribution is -0.150. The Hall–Kier alpha value is -2.73. The second kappa shape index (κ2) is 13.7. The molecule has 12 heteroatoms. The Morgan fingerprint density at radius 3 is 2.52 bits per heavy atom. The van der Waals surface area contributed by atoms with Gasteiger partial charge in [0.15, 0.2) is 5.96 Å². The van der Waals surface area contributed by atoms with Gasteiger partial charge in [0.25, 0.3) is 0 Å². The number of nitrogens with two attached hydrogens (primary N) is 1. The highest BCUT2D eigenvalue weighted by atomic mass is 16.5. The summed E-state index contributed by atoms with van der Waals surface area (Å²) >= 11 is 0. The maximum Gasteiger partial charge on any atom is 0.243 e. The number of hydrogen-bond donors (Lipinski definition) is 5. The molecule has 12 nitrogen and oxygen atoms in total. The second-order valence-electron chi connectivity index (χ2n) is 8.82. The summed E-state index contributed by atoms with van der Waals surface area (Å²) in [6, 6.07) is -1.83. The van der Waals surface area contributed by atoms with Crippen molar-refractivity contribution < 1.29 is 19.1 Å². The van der Waals surface area contributed by atoms with E-state index in [1.807, 2.05) is 20.8 Å². The Bertz CT molecular complexity index is 720. The van der Waals surface area contributed by atoms with Gasteiger partial charge in [0, 0.05) is 40.3 Å². The van der Waals surface area contributed by atoms with Crippen molar-refractivity contribution >= 4 is 29.9 Å². The zero-order valence-electron chi connectivity index (χ0n) is 20.6. The van der Waals surface area contributed by atoms with Gasteiger partial charge in [-0.2, -0.15) is 5.10 Å². The van der Waals surface area contributed by atoms with Crippen LogP contribution in [0.4, 0.5) is 0 Å². The molecular formula is C21H40N8O4. The highest BCUT2D eigenvalue weighted by Gasteiger charge is 2.40. The summed E-state index contributed by atoms with van der Waals surface area (Å²) < 4.78 is 5.60. The molecule has 1 heterocycles. The van der Waals surface area contributed by atoms with E-state index in [-0.39, 0.29) is 24.3 Å². The Kier molecular flexibility index (Phi) is 11.8. The molecule has 6 N–H and O–H groups in total. The van der Waals surface area contributed by atoms with Crippen LogP contribution < -0.4 is 27.1 Å². The molecule has 1 aliphatic rings. The van der Waals surface area contributed by atoms with Gasteiger partial charge in [-0.25, -0.2) is 5.43 Å². The molecule has 0 aromatic rings. The Balaban J connectivity index is 2.66. The van der Waals surface area contributed by atoms with Crippen LogP contribution in [0, 0.1) is 0 Å². The maximum atomic E-state index is 12.9. The van der Waals surface area contributed by atoms with Crippen molar-refractivity contribution in [2.75, 3.05) is 33.8 Å². The van der Waals surface area contributed by atoms with Crippen molar-refractivity contribution in [2.24, 2.45) is 15.8 Å². The molecule has 0 saturated carbocycles. The van der Waals surface area contributed by atoms with E-state index in [2.05, 4.69) is 31.5 Å². The topological polar surface area (TPSA) is 163 Å². The number of ether oxygens (including phenoxy) is 1. The third-order valence-electron chi connectivity index (χ3n) is 4.87. The molecule has 0 bridgehead atoms. The van der Waals surface area contributed by atoms with E-state index in [1.165, 1.54) is 18.0 Å². The number of carbonyl (C=O) groups is 3. The molecular weight excluding hydrogens is 428 g/mol. The van der Waals surface area contributed by atoms with Crippen molar-refractivity contribution in [1.82, 2.24) is 26.3 Å². The zero-order chi connectivity index (χ0) is 25.0. The molecule has 188 valence electrons. The SMILES string of the molecule is CN=C(NC)NCCC[C@@H](/C=N/NC(C)=O)NC(=O)[C@@H]1CCN1C(=O)[C@H](N)COC(C)(C)C. The fraction of sp³-hybridized carbons (Fsp3) is 0.762. The fourth-order valence-electron chi connectivity index (χ4n) is 3.04. The van der Waals surface area contributed by atoms with Crippen molar-refractivity contribution in [3.05, 3.63) is 0 Å². The first-order valence-corrected chi connectivity index (χ1v) is 11.2. The number of hydrogen-bond acceptors (Lipinski definition) is 7. The molecule has 0 unspecified atom stereocenters. The largest absolute Gasteiger partial charge is 0.374 e. The molecule has 0 spiro atoms. The van der Waals surface area contributed by atoms with Crippen LogP contribution in [0.25, 0.3) is 0 Å². The number of amides is 3. The van der Waals surface area contributed by atoms with Crippen LogP contribution in [-0.2, 0) is 19.1 Å². The van der Waals surface area contributed by atoms with E-state index < -0.39 is 23.7 Å². The predicted molar refractivity (Wildman–Crippen MR) is 128 cm³/mol. The molecule has 1 aliphatic heterocycles. The normalized spacial score (nSPS) is 18.3. The van der Waals surface area contributed by atoms with Gasteiger partial charge in [-0.05, 0) is 40.0 Å². The monoisotopic (exact) mass is 468 g/mol. The number of nitrogens with zero attached hydrogens (tertiary/aromatic N) is 3. The quantitative estimate of drug-likeness (QED) is 0.111. The number of likely N-dealkylation sites (tertiary alicyclic amines) is 1. The van der Waals surface area contributed by atoms with Crippen LogP contribution in [0.1, 0.15) is 47.0 Å². The van der Waals surface area contributed by atoms with Crippen molar-refractivity contribution in [2.45, 2.75) is 70.7 Å². The van der Waals surface area contributed by atoms with Crippen molar-refractivity contribution in [3.8, 4) is 0 Å². The van der Waals surface area contributed by atoms with Crippen LogP contribution in [0.2, 0.25) is 0 Å².